The Kier molecular flexibility index (Phi) is 4.64. The molecular weight excluding hydrogens is 276 g/mol. The lowest BCUT2D eigenvalue weighted by atomic mass is 10.1. The van der Waals surface area contributed by atoms with Crippen molar-refractivity contribution in [2.75, 3.05) is 11.9 Å². The summed E-state index contributed by atoms with van der Waals surface area (Å²) in [5.74, 6) is 2.88. The molecule has 0 saturated carbocycles. The number of benzene rings is 2. The third-order valence-corrected chi connectivity index (χ3v) is 2.63. The number of hydrogen-bond donors (Lipinski definition) is 2. The van der Waals surface area contributed by atoms with Crippen molar-refractivity contribution in [1.82, 2.24) is 0 Å². The monoisotopic (exact) mass is 287 g/mol. The molecule has 0 unspecified atom stereocenters. The topological polar surface area (TPSA) is 49.3 Å². The van der Waals surface area contributed by atoms with Crippen molar-refractivity contribution < 1.29 is 18.7 Å². The second-order valence-electron chi connectivity index (χ2n) is 4.12. The number of hydrogen-bond acceptors (Lipinski definition) is 2. The molecule has 3 nitrogen and oxygen atoms in total. The van der Waals surface area contributed by atoms with Crippen LogP contribution in [-0.4, -0.2) is 17.6 Å². The first kappa shape index (κ1) is 14.7. The molecule has 0 atom stereocenters. The van der Waals surface area contributed by atoms with Crippen LogP contribution in [0.4, 0.5) is 14.5 Å². The lowest BCUT2D eigenvalue weighted by Gasteiger charge is -2.06. The zero-order valence-electron chi connectivity index (χ0n) is 10.9. The lowest BCUT2D eigenvalue weighted by Crippen LogP contribution is -2.13. The Balaban J connectivity index is 2.12. The van der Waals surface area contributed by atoms with Gasteiger partial charge in [-0.15, -0.1) is 0 Å². The minimum Gasteiger partial charge on any atom is -0.384 e. The highest BCUT2D eigenvalue weighted by Crippen LogP contribution is 2.14. The van der Waals surface area contributed by atoms with E-state index in [-0.39, 0.29) is 12.2 Å². The highest BCUT2D eigenvalue weighted by molar-refractivity contribution is 6.04. The zero-order valence-corrected chi connectivity index (χ0v) is 10.9. The second-order valence-corrected chi connectivity index (χ2v) is 4.12. The Morgan fingerprint density at radius 1 is 1.14 bits per heavy atom. The van der Waals surface area contributed by atoms with E-state index in [4.69, 9.17) is 5.11 Å². The fourth-order valence-electron chi connectivity index (χ4n) is 1.65. The molecule has 0 radical (unpaired) electrons. The van der Waals surface area contributed by atoms with Crippen LogP contribution in [0.2, 0.25) is 0 Å². The molecular formula is C16H11F2NO2. The molecule has 0 fully saturated rings. The number of aliphatic hydroxyl groups excluding tert-OH is 1. The van der Waals surface area contributed by atoms with Crippen molar-refractivity contribution in [1.29, 1.82) is 0 Å². The number of amides is 1. The van der Waals surface area contributed by atoms with Crippen molar-refractivity contribution in [2.45, 2.75) is 0 Å². The summed E-state index contributed by atoms with van der Waals surface area (Å²) in [5, 5.41) is 11.1. The van der Waals surface area contributed by atoms with Gasteiger partial charge in [0.05, 0.1) is 5.56 Å². The fraction of sp³-hybridized carbons (Fsp3) is 0.0625. The number of halogens is 2. The number of carbonyl (C=O) groups is 1. The quantitative estimate of drug-likeness (QED) is 0.834. The Morgan fingerprint density at radius 3 is 2.48 bits per heavy atom. The van der Waals surface area contributed by atoms with Gasteiger partial charge >= 0.3 is 0 Å². The van der Waals surface area contributed by atoms with Crippen LogP contribution in [0.5, 0.6) is 0 Å². The van der Waals surface area contributed by atoms with Gasteiger partial charge in [-0.05, 0) is 36.4 Å². The van der Waals surface area contributed by atoms with Gasteiger partial charge < -0.3 is 10.4 Å². The largest absolute Gasteiger partial charge is 0.384 e. The molecule has 21 heavy (non-hydrogen) atoms. The first-order valence-electron chi connectivity index (χ1n) is 6.06. The predicted molar refractivity (Wildman–Crippen MR) is 74.7 cm³/mol. The van der Waals surface area contributed by atoms with Crippen LogP contribution in [-0.2, 0) is 0 Å². The molecule has 0 spiro atoms. The zero-order chi connectivity index (χ0) is 15.2. The van der Waals surface area contributed by atoms with Gasteiger partial charge in [-0.2, -0.15) is 0 Å². The molecule has 0 heterocycles. The third kappa shape index (κ3) is 3.88. The van der Waals surface area contributed by atoms with Crippen molar-refractivity contribution in [2.24, 2.45) is 0 Å². The van der Waals surface area contributed by atoms with Gasteiger partial charge in [0.2, 0.25) is 0 Å². The van der Waals surface area contributed by atoms with Crippen molar-refractivity contribution in [3.63, 3.8) is 0 Å². The van der Waals surface area contributed by atoms with Crippen LogP contribution in [0.1, 0.15) is 15.9 Å². The highest BCUT2D eigenvalue weighted by Gasteiger charge is 2.12. The van der Waals surface area contributed by atoms with E-state index in [0.717, 1.165) is 12.1 Å². The number of anilines is 1. The first-order chi connectivity index (χ1) is 10.1. The molecule has 0 aliphatic heterocycles. The summed E-state index contributed by atoms with van der Waals surface area (Å²) < 4.78 is 26.2. The fourth-order valence-corrected chi connectivity index (χ4v) is 1.65. The minimum atomic E-state index is -0.919. The maximum atomic E-state index is 13.5. The van der Waals surface area contributed by atoms with Gasteiger partial charge in [0.1, 0.15) is 18.2 Å². The molecule has 0 bridgehead atoms. The van der Waals surface area contributed by atoms with Crippen LogP contribution in [0, 0.1) is 23.5 Å². The smallest absolute Gasteiger partial charge is 0.258 e. The number of rotatable bonds is 2. The summed E-state index contributed by atoms with van der Waals surface area (Å²) in [4.78, 5) is 11.9. The standard InChI is InChI=1S/C16H11F2NO2/c17-12-5-8-14(15(18)10-12)16(21)19-13-6-3-11(4-7-13)2-1-9-20/h3-8,10,20H,9H2,(H,19,21). The van der Waals surface area contributed by atoms with Crippen LogP contribution in [0.3, 0.4) is 0 Å². The van der Waals surface area contributed by atoms with Crippen molar-refractivity contribution in [3.05, 3.63) is 65.2 Å². The third-order valence-electron chi connectivity index (χ3n) is 2.63. The van der Waals surface area contributed by atoms with E-state index in [1.807, 2.05) is 0 Å². The first-order valence-corrected chi connectivity index (χ1v) is 6.06. The molecule has 106 valence electrons. The number of carbonyl (C=O) groups excluding carboxylic acids is 1. The molecule has 0 aliphatic carbocycles. The van der Waals surface area contributed by atoms with Crippen molar-refractivity contribution in [3.8, 4) is 11.8 Å². The molecule has 2 rings (SSSR count). The molecule has 2 aromatic rings. The number of nitrogens with one attached hydrogen (secondary N) is 1. The molecule has 0 aliphatic rings. The van der Waals surface area contributed by atoms with E-state index in [9.17, 15) is 13.6 Å². The SMILES string of the molecule is O=C(Nc1ccc(C#CCO)cc1)c1ccc(F)cc1F. The van der Waals surface area contributed by atoms with E-state index < -0.39 is 17.5 Å². The molecule has 0 saturated heterocycles. The van der Waals surface area contributed by atoms with E-state index >= 15 is 0 Å². The summed E-state index contributed by atoms with van der Waals surface area (Å²) in [6.07, 6.45) is 0. The van der Waals surface area contributed by atoms with Gasteiger partial charge in [-0.1, -0.05) is 11.8 Å². The van der Waals surface area contributed by atoms with Gasteiger partial charge in [0.15, 0.2) is 0 Å². The van der Waals surface area contributed by atoms with Gasteiger partial charge in [0.25, 0.3) is 5.91 Å². The summed E-state index contributed by atoms with van der Waals surface area (Å²) in [6.45, 7) is -0.234. The second kappa shape index (κ2) is 6.64. The van der Waals surface area contributed by atoms with Crippen LogP contribution < -0.4 is 5.32 Å². The normalized spacial score (nSPS) is 9.67. The summed E-state index contributed by atoms with van der Waals surface area (Å²) in [6, 6.07) is 9.26. The van der Waals surface area contributed by atoms with E-state index in [0.29, 0.717) is 17.3 Å². The maximum Gasteiger partial charge on any atom is 0.258 e. The van der Waals surface area contributed by atoms with Gasteiger partial charge in [-0.25, -0.2) is 8.78 Å². The highest BCUT2D eigenvalue weighted by atomic mass is 19.1. The van der Waals surface area contributed by atoms with E-state index in [1.54, 1.807) is 24.3 Å². The minimum absolute atomic E-state index is 0.234. The number of aliphatic hydroxyl groups is 1. The predicted octanol–water partition coefficient (Wildman–Crippen LogP) is 2.56. The van der Waals surface area contributed by atoms with Gasteiger partial charge in [0, 0.05) is 17.3 Å². The molecule has 0 aromatic heterocycles. The molecule has 5 heteroatoms. The lowest BCUT2D eigenvalue weighted by molar-refractivity contribution is 0.102. The average molecular weight is 287 g/mol. The Bertz CT molecular complexity index is 715. The Morgan fingerprint density at radius 2 is 1.86 bits per heavy atom. The Labute approximate surface area is 120 Å². The van der Waals surface area contributed by atoms with Crippen molar-refractivity contribution >= 4 is 11.6 Å². The van der Waals surface area contributed by atoms with Crippen LogP contribution >= 0.6 is 0 Å². The summed E-state index contributed by atoms with van der Waals surface area (Å²) >= 11 is 0. The summed E-state index contributed by atoms with van der Waals surface area (Å²) in [7, 11) is 0. The Hall–Kier alpha value is -2.71. The van der Waals surface area contributed by atoms with Gasteiger partial charge in [-0.3, -0.25) is 4.79 Å². The maximum absolute atomic E-state index is 13.5. The van der Waals surface area contributed by atoms with E-state index in [1.165, 1.54) is 0 Å². The molecule has 2 N–H and O–H groups in total. The molecule has 2 aromatic carbocycles. The van der Waals surface area contributed by atoms with E-state index in [2.05, 4.69) is 17.2 Å². The molecule has 1 amide bonds. The summed E-state index contributed by atoms with van der Waals surface area (Å²) in [5.41, 5.74) is 0.897. The average Bonchev–Trinajstić information content (AvgIpc) is 2.46. The van der Waals surface area contributed by atoms with Crippen LogP contribution in [0.25, 0.3) is 0 Å². The van der Waals surface area contributed by atoms with Crippen LogP contribution in [0.15, 0.2) is 42.5 Å².